The molecule has 0 fully saturated rings. The van der Waals surface area contributed by atoms with Gasteiger partial charge in [0, 0.05) is 5.39 Å². The molecule has 0 spiro atoms. The van der Waals surface area contributed by atoms with Gasteiger partial charge in [-0.2, -0.15) is 0 Å². The number of Topliss-reactive ketones (excluding diaryl/α,β-unsaturated/α-hetero) is 2. The molecule has 2 aromatic carbocycles. The van der Waals surface area contributed by atoms with Crippen LogP contribution in [-0.2, 0) is 14.3 Å². The van der Waals surface area contributed by atoms with Crippen LogP contribution in [0.5, 0.6) is 5.75 Å². The summed E-state index contributed by atoms with van der Waals surface area (Å²) in [5.74, 6) is -2.76. The van der Waals surface area contributed by atoms with Gasteiger partial charge in [-0.15, -0.1) is 0 Å². The van der Waals surface area contributed by atoms with E-state index in [4.69, 9.17) is 0 Å². The van der Waals surface area contributed by atoms with Crippen LogP contribution in [0.1, 0.15) is 23.7 Å². The molecule has 5 heteroatoms. The van der Waals surface area contributed by atoms with E-state index in [9.17, 15) is 19.5 Å². The third-order valence-corrected chi connectivity index (χ3v) is 3.03. The molecule has 0 aliphatic rings. The average Bonchev–Trinajstić information content (AvgIpc) is 2.48. The Hall–Kier alpha value is -2.69. The Labute approximate surface area is 121 Å². The van der Waals surface area contributed by atoms with Crippen LogP contribution in [0.15, 0.2) is 36.4 Å². The van der Waals surface area contributed by atoms with Gasteiger partial charge in [0.15, 0.2) is 5.78 Å². The van der Waals surface area contributed by atoms with Crippen molar-refractivity contribution < 1.29 is 24.2 Å². The van der Waals surface area contributed by atoms with Gasteiger partial charge in [-0.1, -0.05) is 30.3 Å². The molecule has 0 aliphatic carbocycles. The molecule has 0 atom stereocenters. The number of fused-ring (bicyclic) bond motifs is 1. The molecule has 21 heavy (non-hydrogen) atoms. The fourth-order valence-electron chi connectivity index (χ4n) is 2.00. The highest BCUT2D eigenvalue weighted by Crippen LogP contribution is 2.29. The van der Waals surface area contributed by atoms with Crippen molar-refractivity contribution in [3.05, 3.63) is 42.0 Å². The summed E-state index contributed by atoms with van der Waals surface area (Å²) in [4.78, 5) is 34.8. The standard InChI is InChI=1S/C16H14O5/c1-2-21-16(20)14(18)9-13(17)12-8-7-10-5-3-4-6-11(10)15(12)19/h3-8,19H,2,9H2,1H3. The van der Waals surface area contributed by atoms with E-state index in [0.29, 0.717) is 5.39 Å². The zero-order chi connectivity index (χ0) is 15.4. The number of ketones is 2. The van der Waals surface area contributed by atoms with E-state index >= 15 is 0 Å². The predicted molar refractivity (Wildman–Crippen MR) is 76.2 cm³/mol. The highest BCUT2D eigenvalue weighted by atomic mass is 16.5. The minimum Gasteiger partial charge on any atom is -0.507 e. The first-order valence-electron chi connectivity index (χ1n) is 6.48. The topological polar surface area (TPSA) is 80.7 Å². The maximum absolute atomic E-state index is 12.0. The summed E-state index contributed by atoms with van der Waals surface area (Å²) in [6.07, 6.45) is -0.620. The Balaban J connectivity index is 2.26. The van der Waals surface area contributed by atoms with E-state index in [1.807, 2.05) is 6.07 Å². The second-order valence-corrected chi connectivity index (χ2v) is 4.43. The van der Waals surface area contributed by atoms with Gasteiger partial charge in [-0.05, 0) is 18.4 Å². The molecule has 0 aromatic heterocycles. The maximum Gasteiger partial charge on any atom is 0.375 e. The molecule has 2 aromatic rings. The molecule has 0 aliphatic heterocycles. The molecule has 1 N–H and O–H groups in total. The Morgan fingerprint density at radius 2 is 1.81 bits per heavy atom. The van der Waals surface area contributed by atoms with Crippen LogP contribution in [-0.4, -0.2) is 29.2 Å². The number of aromatic hydroxyl groups is 1. The van der Waals surface area contributed by atoms with Gasteiger partial charge in [0.2, 0.25) is 5.78 Å². The highest BCUT2D eigenvalue weighted by Gasteiger charge is 2.22. The second-order valence-electron chi connectivity index (χ2n) is 4.43. The van der Waals surface area contributed by atoms with Gasteiger partial charge in [-0.3, -0.25) is 9.59 Å². The fourth-order valence-corrected chi connectivity index (χ4v) is 2.00. The van der Waals surface area contributed by atoms with Gasteiger partial charge in [-0.25, -0.2) is 4.79 Å². The summed E-state index contributed by atoms with van der Waals surface area (Å²) in [6.45, 7) is 1.64. The lowest BCUT2D eigenvalue weighted by molar-refractivity contribution is -0.153. The molecule has 5 nitrogen and oxygen atoms in total. The zero-order valence-corrected chi connectivity index (χ0v) is 11.5. The molecule has 0 heterocycles. The van der Waals surface area contributed by atoms with Crippen molar-refractivity contribution in [1.82, 2.24) is 0 Å². The van der Waals surface area contributed by atoms with Crippen molar-refractivity contribution in [3.63, 3.8) is 0 Å². The van der Waals surface area contributed by atoms with Crippen LogP contribution in [0.3, 0.4) is 0 Å². The second kappa shape index (κ2) is 6.17. The van der Waals surface area contributed by atoms with Crippen molar-refractivity contribution in [2.45, 2.75) is 13.3 Å². The van der Waals surface area contributed by atoms with Gasteiger partial charge < -0.3 is 9.84 Å². The van der Waals surface area contributed by atoms with Crippen LogP contribution in [0.4, 0.5) is 0 Å². The summed E-state index contributed by atoms with van der Waals surface area (Å²) >= 11 is 0. The number of carbonyl (C=O) groups is 3. The summed E-state index contributed by atoms with van der Waals surface area (Å²) in [6, 6.07) is 10.1. The molecule has 0 amide bonds. The van der Waals surface area contributed by atoms with E-state index in [0.717, 1.165) is 5.39 Å². The smallest absolute Gasteiger partial charge is 0.375 e. The number of phenols is 1. The predicted octanol–water partition coefficient (Wildman–Crippen LogP) is 2.25. The quantitative estimate of drug-likeness (QED) is 0.394. The number of rotatable bonds is 5. The maximum atomic E-state index is 12.0. The number of ether oxygens (including phenoxy) is 1. The number of hydrogen-bond donors (Lipinski definition) is 1. The Kier molecular flexibility index (Phi) is 4.33. The molecule has 0 saturated heterocycles. The van der Waals surface area contributed by atoms with Crippen LogP contribution in [0.2, 0.25) is 0 Å². The van der Waals surface area contributed by atoms with E-state index in [1.165, 1.54) is 6.07 Å². The van der Waals surface area contributed by atoms with Crippen molar-refractivity contribution in [2.75, 3.05) is 6.61 Å². The van der Waals surface area contributed by atoms with Gasteiger partial charge in [0.25, 0.3) is 0 Å². The van der Waals surface area contributed by atoms with Crippen LogP contribution in [0.25, 0.3) is 10.8 Å². The summed E-state index contributed by atoms with van der Waals surface area (Å²) in [7, 11) is 0. The van der Waals surface area contributed by atoms with Crippen molar-refractivity contribution in [3.8, 4) is 5.75 Å². The number of esters is 1. The lowest BCUT2D eigenvalue weighted by Gasteiger charge is -2.07. The molecule has 0 radical (unpaired) electrons. The van der Waals surface area contributed by atoms with Gasteiger partial charge in [0.1, 0.15) is 5.75 Å². The highest BCUT2D eigenvalue weighted by molar-refractivity contribution is 6.38. The fraction of sp³-hybridized carbons (Fsp3) is 0.188. The van der Waals surface area contributed by atoms with E-state index in [-0.39, 0.29) is 17.9 Å². The van der Waals surface area contributed by atoms with Crippen LogP contribution in [0, 0.1) is 0 Å². The van der Waals surface area contributed by atoms with Gasteiger partial charge >= 0.3 is 5.97 Å². The molecule has 0 unspecified atom stereocenters. The van der Waals surface area contributed by atoms with Crippen LogP contribution < -0.4 is 0 Å². The number of carbonyl (C=O) groups excluding carboxylic acids is 3. The number of hydrogen-bond acceptors (Lipinski definition) is 5. The Morgan fingerprint density at radius 1 is 1.10 bits per heavy atom. The van der Waals surface area contributed by atoms with E-state index in [1.54, 1.807) is 31.2 Å². The summed E-state index contributed by atoms with van der Waals surface area (Å²) in [5.41, 5.74) is 0.0198. The third-order valence-electron chi connectivity index (χ3n) is 3.03. The summed E-state index contributed by atoms with van der Waals surface area (Å²) < 4.78 is 4.54. The van der Waals surface area contributed by atoms with E-state index < -0.39 is 24.0 Å². The lowest BCUT2D eigenvalue weighted by atomic mass is 10.00. The minimum atomic E-state index is -1.04. The normalized spacial score (nSPS) is 10.3. The zero-order valence-electron chi connectivity index (χ0n) is 11.5. The molecule has 0 bridgehead atoms. The Bertz CT molecular complexity index is 718. The largest absolute Gasteiger partial charge is 0.507 e. The van der Waals surface area contributed by atoms with Crippen molar-refractivity contribution in [2.24, 2.45) is 0 Å². The molecular formula is C16H14O5. The summed E-state index contributed by atoms with van der Waals surface area (Å²) in [5, 5.41) is 11.4. The third kappa shape index (κ3) is 3.08. The molecule has 0 saturated carbocycles. The van der Waals surface area contributed by atoms with Crippen molar-refractivity contribution in [1.29, 1.82) is 0 Å². The Morgan fingerprint density at radius 3 is 2.52 bits per heavy atom. The molecular weight excluding hydrogens is 272 g/mol. The van der Waals surface area contributed by atoms with Crippen molar-refractivity contribution >= 4 is 28.3 Å². The molecule has 2 rings (SSSR count). The SMILES string of the molecule is CCOC(=O)C(=O)CC(=O)c1ccc2ccccc2c1O. The first-order chi connectivity index (χ1) is 10.0. The molecule has 108 valence electrons. The van der Waals surface area contributed by atoms with Gasteiger partial charge in [0.05, 0.1) is 18.6 Å². The number of benzene rings is 2. The first kappa shape index (κ1) is 14.7. The van der Waals surface area contributed by atoms with Crippen LogP contribution >= 0.6 is 0 Å². The minimum absolute atomic E-state index is 0.0198. The monoisotopic (exact) mass is 286 g/mol. The van der Waals surface area contributed by atoms with E-state index in [2.05, 4.69) is 4.74 Å². The lowest BCUT2D eigenvalue weighted by Crippen LogP contribution is -2.20. The number of phenolic OH excluding ortho intramolecular Hbond substituents is 1. The first-order valence-corrected chi connectivity index (χ1v) is 6.48. The average molecular weight is 286 g/mol.